The van der Waals surface area contributed by atoms with Crippen LogP contribution < -0.4 is 0 Å². The second kappa shape index (κ2) is 6.68. The van der Waals surface area contributed by atoms with Crippen molar-refractivity contribution in [1.29, 1.82) is 0 Å². The zero-order chi connectivity index (χ0) is 15.4. The zero-order valence-electron chi connectivity index (χ0n) is 12.9. The maximum atomic E-state index is 12.1. The smallest absolute Gasteiger partial charge is 0.246 e. The Bertz CT molecular complexity index is 570. The van der Waals surface area contributed by atoms with Gasteiger partial charge in [0.2, 0.25) is 5.91 Å². The summed E-state index contributed by atoms with van der Waals surface area (Å²) in [5, 5.41) is 0. The van der Waals surface area contributed by atoms with Gasteiger partial charge in [-0.25, -0.2) is 0 Å². The molecule has 0 aliphatic carbocycles. The van der Waals surface area contributed by atoms with E-state index in [-0.39, 0.29) is 11.7 Å². The molecule has 1 amide bonds. The van der Waals surface area contributed by atoms with E-state index in [1.807, 2.05) is 30.0 Å². The first-order chi connectivity index (χ1) is 9.97. The lowest BCUT2D eigenvalue weighted by Gasteiger charge is -2.31. The summed E-state index contributed by atoms with van der Waals surface area (Å²) in [7, 11) is 2.06. The Kier molecular flexibility index (Phi) is 4.91. The molecule has 4 nitrogen and oxygen atoms in total. The van der Waals surface area contributed by atoms with E-state index in [4.69, 9.17) is 0 Å². The van der Waals surface area contributed by atoms with Crippen molar-refractivity contribution in [1.82, 2.24) is 9.80 Å². The maximum Gasteiger partial charge on any atom is 0.246 e. The molecule has 0 spiro atoms. The van der Waals surface area contributed by atoms with Gasteiger partial charge in [0.25, 0.3) is 0 Å². The van der Waals surface area contributed by atoms with Gasteiger partial charge in [0.05, 0.1) is 0 Å². The topological polar surface area (TPSA) is 40.6 Å². The highest BCUT2D eigenvalue weighted by molar-refractivity contribution is 5.97. The summed E-state index contributed by atoms with van der Waals surface area (Å²) in [5.41, 5.74) is 2.56. The summed E-state index contributed by atoms with van der Waals surface area (Å²) in [6, 6.07) is 5.68. The van der Waals surface area contributed by atoms with Gasteiger partial charge in [-0.3, -0.25) is 9.59 Å². The van der Waals surface area contributed by atoms with Crippen molar-refractivity contribution in [2.24, 2.45) is 0 Å². The number of hydrogen-bond donors (Lipinski definition) is 0. The van der Waals surface area contributed by atoms with Crippen LogP contribution in [0.25, 0.3) is 6.08 Å². The molecule has 0 N–H and O–H groups in total. The van der Waals surface area contributed by atoms with Gasteiger partial charge < -0.3 is 9.80 Å². The largest absolute Gasteiger partial charge is 0.337 e. The quantitative estimate of drug-likeness (QED) is 0.630. The van der Waals surface area contributed by atoms with E-state index in [9.17, 15) is 9.59 Å². The number of hydrogen-bond acceptors (Lipinski definition) is 3. The van der Waals surface area contributed by atoms with Crippen molar-refractivity contribution >= 4 is 17.8 Å². The highest BCUT2D eigenvalue weighted by Crippen LogP contribution is 2.13. The molecular formula is C17H22N2O2. The van der Waals surface area contributed by atoms with Crippen LogP contribution in [0.3, 0.4) is 0 Å². The minimum Gasteiger partial charge on any atom is -0.337 e. The van der Waals surface area contributed by atoms with Crippen LogP contribution in [0.5, 0.6) is 0 Å². The summed E-state index contributed by atoms with van der Waals surface area (Å²) in [5.74, 6) is 0.0844. The van der Waals surface area contributed by atoms with Crippen LogP contribution in [0.4, 0.5) is 0 Å². The number of rotatable bonds is 3. The molecule has 0 unspecified atom stereocenters. The summed E-state index contributed by atoms with van der Waals surface area (Å²) in [6.07, 6.45) is 3.38. The number of carbonyl (C=O) groups excluding carboxylic acids is 2. The first-order valence-corrected chi connectivity index (χ1v) is 7.24. The van der Waals surface area contributed by atoms with Crippen molar-refractivity contribution in [2.45, 2.75) is 13.8 Å². The van der Waals surface area contributed by atoms with E-state index in [0.29, 0.717) is 5.56 Å². The van der Waals surface area contributed by atoms with Crippen molar-refractivity contribution in [3.63, 3.8) is 0 Å². The summed E-state index contributed by atoms with van der Waals surface area (Å²) in [6.45, 7) is 6.85. The fraction of sp³-hybridized carbons (Fsp3) is 0.412. The fourth-order valence-corrected chi connectivity index (χ4v) is 2.42. The molecule has 0 bridgehead atoms. The summed E-state index contributed by atoms with van der Waals surface area (Å²) >= 11 is 0. The predicted octanol–water partition coefficient (Wildman–Crippen LogP) is 1.98. The number of piperazine rings is 1. The van der Waals surface area contributed by atoms with Crippen molar-refractivity contribution in [3.05, 3.63) is 41.0 Å². The van der Waals surface area contributed by atoms with Gasteiger partial charge in [0, 0.05) is 37.8 Å². The van der Waals surface area contributed by atoms with Gasteiger partial charge in [-0.15, -0.1) is 0 Å². The van der Waals surface area contributed by atoms with Crippen LogP contribution in [0, 0.1) is 6.92 Å². The number of aryl methyl sites for hydroxylation is 1. The molecule has 1 fully saturated rings. The average molecular weight is 286 g/mol. The number of likely N-dealkylation sites (N-methyl/N-ethyl adjacent to an activating group) is 1. The van der Waals surface area contributed by atoms with E-state index in [2.05, 4.69) is 11.9 Å². The Labute approximate surface area is 126 Å². The van der Waals surface area contributed by atoms with E-state index in [1.165, 1.54) is 0 Å². The average Bonchev–Trinajstić information content (AvgIpc) is 2.46. The second-order valence-electron chi connectivity index (χ2n) is 5.59. The Morgan fingerprint density at radius 1 is 1.14 bits per heavy atom. The van der Waals surface area contributed by atoms with Crippen LogP contribution >= 0.6 is 0 Å². The molecule has 2 rings (SSSR count). The minimum atomic E-state index is 0.0352. The second-order valence-corrected chi connectivity index (χ2v) is 5.59. The van der Waals surface area contributed by atoms with Crippen LogP contribution in [-0.2, 0) is 4.79 Å². The SMILES string of the molecule is CC(=O)c1cc(/C=C/C(=O)N2CCN(C)CC2)ccc1C. The van der Waals surface area contributed by atoms with Crippen LogP contribution in [-0.4, -0.2) is 54.7 Å². The number of benzene rings is 1. The molecule has 1 aliphatic rings. The highest BCUT2D eigenvalue weighted by atomic mass is 16.2. The third-order valence-electron chi connectivity index (χ3n) is 3.87. The third-order valence-corrected chi connectivity index (χ3v) is 3.87. The van der Waals surface area contributed by atoms with Crippen LogP contribution in [0.1, 0.15) is 28.4 Å². The monoisotopic (exact) mass is 286 g/mol. The van der Waals surface area contributed by atoms with E-state index >= 15 is 0 Å². The van der Waals surface area contributed by atoms with Crippen molar-refractivity contribution in [3.8, 4) is 0 Å². The number of Topliss-reactive ketones (excluding diaryl/α,β-unsaturated/α-hetero) is 1. The number of ketones is 1. The lowest BCUT2D eigenvalue weighted by atomic mass is 10.0. The van der Waals surface area contributed by atoms with Gasteiger partial charge in [0.15, 0.2) is 5.78 Å². The summed E-state index contributed by atoms with van der Waals surface area (Å²) in [4.78, 5) is 27.7. The Balaban J connectivity index is 2.05. The van der Waals surface area contributed by atoms with E-state index in [0.717, 1.165) is 37.3 Å². The molecule has 0 aromatic heterocycles. The minimum absolute atomic E-state index is 0.0352. The normalized spacial score (nSPS) is 16.4. The molecular weight excluding hydrogens is 264 g/mol. The lowest BCUT2D eigenvalue weighted by Crippen LogP contribution is -2.46. The highest BCUT2D eigenvalue weighted by Gasteiger charge is 2.16. The number of nitrogens with zero attached hydrogens (tertiary/aromatic N) is 2. The van der Waals surface area contributed by atoms with Gasteiger partial charge in [-0.05, 0) is 44.2 Å². The van der Waals surface area contributed by atoms with E-state index in [1.54, 1.807) is 19.1 Å². The molecule has 1 aromatic rings. The van der Waals surface area contributed by atoms with Crippen LogP contribution in [0.2, 0.25) is 0 Å². The van der Waals surface area contributed by atoms with E-state index < -0.39 is 0 Å². The fourth-order valence-electron chi connectivity index (χ4n) is 2.42. The van der Waals surface area contributed by atoms with Gasteiger partial charge >= 0.3 is 0 Å². The molecule has 112 valence electrons. The number of carbonyl (C=O) groups is 2. The third kappa shape index (κ3) is 4.02. The van der Waals surface area contributed by atoms with Crippen molar-refractivity contribution in [2.75, 3.05) is 33.2 Å². The molecule has 0 radical (unpaired) electrons. The van der Waals surface area contributed by atoms with Crippen LogP contribution in [0.15, 0.2) is 24.3 Å². The van der Waals surface area contributed by atoms with Gasteiger partial charge in [0.1, 0.15) is 0 Å². The van der Waals surface area contributed by atoms with Gasteiger partial charge in [-0.1, -0.05) is 12.1 Å². The molecule has 1 aromatic carbocycles. The molecule has 1 aliphatic heterocycles. The zero-order valence-corrected chi connectivity index (χ0v) is 12.9. The molecule has 4 heteroatoms. The Morgan fingerprint density at radius 2 is 1.81 bits per heavy atom. The molecule has 1 heterocycles. The summed E-state index contributed by atoms with van der Waals surface area (Å²) < 4.78 is 0. The standard InChI is InChI=1S/C17H22N2O2/c1-13-4-5-15(12-16(13)14(2)20)6-7-17(21)19-10-8-18(3)9-11-19/h4-7,12H,8-11H2,1-3H3/b7-6+. The Hall–Kier alpha value is -1.94. The molecule has 1 saturated heterocycles. The van der Waals surface area contributed by atoms with Gasteiger partial charge in [-0.2, -0.15) is 0 Å². The first-order valence-electron chi connectivity index (χ1n) is 7.24. The molecule has 0 atom stereocenters. The lowest BCUT2D eigenvalue weighted by molar-refractivity contribution is -0.127. The first kappa shape index (κ1) is 15.4. The maximum absolute atomic E-state index is 12.1. The molecule has 0 saturated carbocycles. The Morgan fingerprint density at radius 3 is 2.43 bits per heavy atom. The number of amides is 1. The molecule has 21 heavy (non-hydrogen) atoms. The van der Waals surface area contributed by atoms with Crippen molar-refractivity contribution < 1.29 is 9.59 Å². The predicted molar refractivity (Wildman–Crippen MR) is 84.3 cm³/mol.